The fraction of sp³-hybridized carbons (Fsp3) is 0.450. The lowest BCUT2D eigenvalue weighted by molar-refractivity contribution is 0.203. The van der Waals surface area contributed by atoms with E-state index in [0.717, 1.165) is 29.0 Å². The van der Waals surface area contributed by atoms with Crippen LogP contribution in [0.2, 0.25) is 0 Å². The van der Waals surface area contributed by atoms with Crippen molar-refractivity contribution in [3.63, 3.8) is 0 Å². The molecule has 2 aromatic rings. The number of urea groups is 1. The molecule has 0 radical (unpaired) electrons. The number of amides is 2. The molecule has 25 heavy (non-hydrogen) atoms. The molecule has 1 unspecified atom stereocenters. The minimum absolute atomic E-state index is 0.00174. The number of carbonyl (C=O) groups is 1. The van der Waals surface area contributed by atoms with E-state index in [1.807, 2.05) is 37.3 Å². The summed E-state index contributed by atoms with van der Waals surface area (Å²) in [7, 11) is 0. The zero-order valence-electron chi connectivity index (χ0n) is 14.8. The first kappa shape index (κ1) is 18.0. The number of anilines is 1. The van der Waals surface area contributed by atoms with E-state index in [1.165, 1.54) is 17.7 Å². The number of aliphatic hydroxyl groups excluding tert-OH is 1. The molecule has 2 amide bonds. The van der Waals surface area contributed by atoms with Gasteiger partial charge in [0, 0.05) is 27.4 Å². The molecule has 0 aliphatic heterocycles. The zero-order valence-corrected chi connectivity index (χ0v) is 15.7. The van der Waals surface area contributed by atoms with E-state index in [0.29, 0.717) is 6.54 Å². The third kappa shape index (κ3) is 4.22. The van der Waals surface area contributed by atoms with E-state index in [-0.39, 0.29) is 11.4 Å². The van der Waals surface area contributed by atoms with Crippen LogP contribution in [-0.4, -0.2) is 17.7 Å². The molecule has 3 rings (SSSR count). The van der Waals surface area contributed by atoms with E-state index in [4.69, 9.17) is 0 Å². The van der Waals surface area contributed by atoms with Crippen molar-refractivity contribution in [3.05, 3.63) is 51.7 Å². The molecule has 1 heterocycles. The highest BCUT2D eigenvalue weighted by molar-refractivity contribution is 7.12. The number of hydrogen-bond acceptors (Lipinski definition) is 3. The summed E-state index contributed by atoms with van der Waals surface area (Å²) in [6, 6.07) is 11.8. The summed E-state index contributed by atoms with van der Waals surface area (Å²) in [5.41, 5.74) is 1.93. The predicted octanol–water partition coefficient (Wildman–Crippen LogP) is 4.74. The number of rotatable bonds is 5. The molecule has 3 N–H and O–H groups in total. The number of aliphatic hydroxyl groups is 1. The molecule has 1 saturated carbocycles. The number of benzene rings is 1. The summed E-state index contributed by atoms with van der Waals surface area (Å²) >= 11 is 1.67. The lowest BCUT2D eigenvalue weighted by atomic mass is 9.84. The van der Waals surface area contributed by atoms with Crippen molar-refractivity contribution in [3.8, 4) is 0 Å². The molecule has 134 valence electrons. The van der Waals surface area contributed by atoms with E-state index < -0.39 is 6.10 Å². The van der Waals surface area contributed by atoms with E-state index >= 15 is 0 Å². The van der Waals surface area contributed by atoms with Crippen molar-refractivity contribution in [2.75, 3.05) is 11.9 Å². The predicted molar refractivity (Wildman–Crippen MR) is 103 cm³/mol. The monoisotopic (exact) mass is 358 g/mol. The highest BCUT2D eigenvalue weighted by Crippen LogP contribution is 2.44. The van der Waals surface area contributed by atoms with E-state index in [9.17, 15) is 9.90 Å². The van der Waals surface area contributed by atoms with Crippen LogP contribution < -0.4 is 10.6 Å². The average Bonchev–Trinajstić information content (AvgIpc) is 3.23. The van der Waals surface area contributed by atoms with Crippen LogP contribution in [-0.2, 0) is 5.41 Å². The Morgan fingerprint density at radius 3 is 2.68 bits per heavy atom. The molecule has 0 bridgehead atoms. The molecular weight excluding hydrogens is 332 g/mol. The van der Waals surface area contributed by atoms with Crippen molar-refractivity contribution in [2.24, 2.45) is 0 Å². The minimum atomic E-state index is -0.435. The first-order valence-corrected chi connectivity index (χ1v) is 9.70. The van der Waals surface area contributed by atoms with Gasteiger partial charge in [-0.05, 0) is 56.5 Å². The van der Waals surface area contributed by atoms with Gasteiger partial charge in [0.05, 0.1) is 6.10 Å². The molecule has 1 aliphatic rings. The third-order valence-corrected chi connectivity index (χ3v) is 6.49. The lowest BCUT2D eigenvalue weighted by Gasteiger charge is -2.28. The first-order chi connectivity index (χ1) is 12.0. The Labute approximate surface area is 153 Å². The standard InChI is InChI=1S/C20H26N2O2S/c1-14-6-5-7-16(12-14)22-19(24)21-13-20(10-3-4-11-20)18-9-8-17(25-18)15(2)23/h5-9,12,15,23H,3-4,10-11,13H2,1-2H3,(H2,21,22,24). The minimum Gasteiger partial charge on any atom is -0.388 e. The van der Waals surface area contributed by atoms with E-state index in [2.05, 4.69) is 16.7 Å². The Kier molecular flexibility index (Phi) is 5.45. The molecule has 1 aromatic heterocycles. The highest BCUT2D eigenvalue weighted by Gasteiger charge is 2.37. The molecule has 0 spiro atoms. The number of aryl methyl sites for hydroxylation is 1. The van der Waals surface area contributed by atoms with Crippen molar-refractivity contribution in [2.45, 2.75) is 51.0 Å². The summed E-state index contributed by atoms with van der Waals surface area (Å²) < 4.78 is 0. The second-order valence-corrected chi connectivity index (χ2v) is 8.16. The van der Waals surface area contributed by atoms with Gasteiger partial charge in [0.2, 0.25) is 0 Å². The second-order valence-electron chi connectivity index (χ2n) is 7.04. The molecule has 1 fully saturated rings. The number of hydrogen-bond donors (Lipinski definition) is 3. The smallest absolute Gasteiger partial charge is 0.319 e. The Bertz CT molecular complexity index is 733. The second kappa shape index (κ2) is 7.58. The van der Waals surface area contributed by atoms with Crippen LogP contribution in [0.15, 0.2) is 36.4 Å². The maximum Gasteiger partial charge on any atom is 0.319 e. The molecule has 1 aliphatic carbocycles. The van der Waals surface area contributed by atoms with Gasteiger partial charge in [-0.2, -0.15) is 0 Å². The largest absolute Gasteiger partial charge is 0.388 e. The lowest BCUT2D eigenvalue weighted by Crippen LogP contribution is -2.40. The summed E-state index contributed by atoms with van der Waals surface area (Å²) in [6.45, 7) is 4.43. The van der Waals surface area contributed by atoms with Gasteiger partial charge in [0.25, 0.3) is 0 Å². The van der Waals surface area contributed by atoms with Crippen molar-refractivity contribution < 1.29 is 9.90 Å². The third-order valence-electron chi connectivity index (χ3n) is 4.99. The van der Waals surface area contributed by atoms with Gasteiger partial charge in [-0.25, -0.2) is 4.79 Å². The first-order valence-electron chi connectivity index (χ1n) is 8.88. The van der Waals surface area contributed by atoms with Gasteiger partial charge in [-0.15, -0.1) is 11.3 Å². The van der Waals surface area contributed by atoms with Crippen LogP contribution in [0.1, 0.15) is 54.0 Å². The van der Waals surface area contributed by atoms with Crippen LogP contribution in [0, 0.1) is 6.92 Å². The Morgan fingerprint density at radius 1 is 1.28 bits per heavy atom. The molecule has 1 atom stereocenters. The van der Waals surface area contributed by atoms with Crippen molar-refractivity contribution >= 4 is 23.1 Å². The summed E-state index contributed by atoms with van der Waals surface area (Å²) in [4.78, 5) is 14.6. The summed E-state index contributed by atoms with van der Waals surface area (Å²) in [6.07, 6.45) is 4.09. The highest BCUT2D eigenvalue weighted by atomic mass is 32.1. The molecule has 0 saturated heterocycles. The van der Waals surface area contributed by atoms with Crippen LogP contribution in [0.4, 0.5) is 10.5 Å². The van der Waals surface area contributed by atoms with Gasteiger partial charge in [-0.1, -0.05) is 25.0 Å². The van der Waals surface area contributed by atoms with Crippen LogP contribution >= 0.6 is 11.3 Å². The van der Waals surface area contributed by atoms with Crippen LogP contribution in [0.5, 0.6) is 0 Å². The van der Waals surface area contributed by atoms with Gasteiger partial charge in [0.15, 0.2) is 0 Å². The van der Waals surface area contributed by atoms with Crippen LogP contribution in [0.25, 0.3) is 0 Å². The van der Waals surface area contributed by atoms with Crippen molar-refractivity contribution in [1.29, 1.82) is 0 Å². The molecule has 1 aromatic carbocycles. The summed E-state index contributed by atoms with van der Waals surface area (Å²) in [5, 5.41) is 15.8. The zero-order chi connectivity index (χ0) is 17.9. The van der Waals surface area contributed by atoms with Gasteiger partial charge in [-0.3, -0.25) is 0 Å². The number of nitrogens with one attached hydrogen (secondary N) is 2. The van der Waals surface area contributed by atoms with Gasteiger partial charge >= 0.3 is 6.03 Å². The molecular formula is C20H26N2O2S. The van der Waals surface area contributed by atoms with Crippen molar-refractivity contribution in [1.82, 2.24) is 5.32 Å². The van der Waals surface area contributed by atoms with Gasteiger partial charge < -0.3 is 15.7 Å². The summed E-state index contributed by atoms with van der Waals surface area (Å²) in [5.74, 6) is 0. The number of carbonyl (C=O) groups excluding carboxylic acids is 1. The maximum absolute atomic E-state index is 12.3. The number of thiophene rings is 1. The normalized spacial score (nSPS) is 17.2. The fourth-order valence-corrected chi connectivity index (χ4v) is 4.76. The molecule has 5 heteroatoms. The maximum atomic E-state index is 12.3. The SMILES string of the molecule is Cc1cccc(NC(=O)NCC2(c3ccc(C(C)O)s3)CCCC2)c1. The van der Waals surface area contributed by atoms with Crippen LogP contribution in [0.3, 0.4) is 0 Å². The average molecular weight is 359 g/mol. The Hall–Kier alpha value is -1.85. The van der Waals surface area contributed by atoms with E-state index in [1.54, 1.807) is 18.3 Å². The fourth-order valence-electron chi connectivity index (χ4n) is 3.57. The topological polar surface area (TPSA) is 61.4 Å². The van der Waals surface area contributed by atoms with Gasteiger partial charge in [0.1, 0.15) is 0 Å². The quantitative estimate of drug-likeness (QED) is 0.723. The Morgan fingerprint density at radius 2 is 2.04 bits per heavy atom. The molecule has 4 nitrogen and oxygen atoms in total. The Balaban J connectivity index is 1.66.